The second kappa shape index (κ2) is 2.96. The molecule has 0 aromatic carbocycles. The van der Waals surface area contributed by atoms with Gasteiger partial charge >= 0.3 is 0 Å². The summed E-state index contributed by atoms with van der Waals surface area (Å²) in [6.45, 7) is 0. The minimum atomic E-state index is -0.679. The van der Waals surface area contributed by atoms with Crippen LogP contribution in [0.25, 0.3) is 0 Å². The fourth-order valence-electron chi connectivity index (χ4n) is 0.224. The molecule has 0 atom stereocenters. The minimum Gasteiger partial charge on any atom is -0.250 e. The molecule has 0 aliphatic carbocycles. The van der Waals surface area contributed by atoms with Crippen molar-refractivity contribution in [3.63, 3.8) is 0 Å². The van der Waals surface area contributed by atoms with Crippen LogP contribution in [-0.4, -0.2) is 28.8 Å². The summed E-state index contributed by atoms with van der Waals surface area (Å²) in [6.07, 6.45) is 8.45. The van der Waals surface area contributed by atoms with Gasteiger partial charge in [0.1, 0.15) is 0 Å². The quantitative estimate of drug-likeness (QED) is 0.366. The molecule has 0 saturated carbocycles. The second-order valence-electron chi connectivity index (χ2n) is 2.24. The van der Waals surface area contributed by atoms with E-state index in [0.29, 0.717) is 0 Å². The van der Waals surface area contributed by atoms with Crippen LogP contribution in [-0.2, 0) is 0 Å². The van der Waals surface area contributed by atoms with Crippen molar-refractivity contribution in [1.82, 2.24) is 3.82 Å². The number of hydrogen-bond donors (Lipinski definition) is 1. The van der Waals surface area contributed by atoms with Crippen molar-refractivity contribution in [1.29, 1.82) is 0 Å². The Balaban J connectivity index is 3.62. The molecule has 2 N–H and O–H groups in total. The van der Waals surface area contributed by atoms with Crippen molar-refractivity contribution >= 4 is 22.2 Å². The molecule has 0 aliphatic rings. The third-order valence-electron chi connectivity index (χ3n) is 0.720. The molecule has 0 bridgehead atoms. The van der Waals surface area contributed by atoms with Gasteiger partial charge < -0.3 is 0 Å². The third kappa shape index (κ3) is 2.81. The summed E-state index contributed by atoms with van der Waals surface area (Å²) in [6, 6.07) is 0. The normalized spacial score (nSPS) is 14.8. The smallest absolute Gasteiger partial charge is 0.00135 e. The summed E-state index contributed by atoms with van der Waals surface area (Å²) in [7, 11) is -0.679. The zero-order chi connectivity index (χ0) is 6.78. The molecule has 0 amide bonds. The van der Waals surface area contributed by atoms with Gasteiger partial charge in [-0.05, 0) is 25.0 Å². The first-order valence-corrected chi connectivity index (χ1v) is 6.25. The predicted molar refractivity (Wildman–Crippen MR) is 44.9 cm³/mol. The van der Waals surface area contributed by atoms with Gasteiger partial charge in [0.05, 0.1) is 0 Å². The molecule has 0 spiro atoms. The van der Waals surface area contributed by atoms with E-state index in [-0.39, 0.29) is 0 Å². The van der Waals surface area contributed by atoms with Gasteiger partial charge in [-0.15, -0.1) is 0 Å². The van der Waals surface area contributed by atoms with Crippen LogP contribution >= 0.6 is 22.2 Å². The van der Waals surface area contributed by atoms with E-state index in [1.807, 2.05) is 10.1 Å². The first-order valence-electron chi connectivity index (χ1n) is 2.26. The molecule has 4 heteroatoms. The Hall–Kier alpha value is 0.620. The van der Waals surface area contributed by atoms with Gasteiger partial charge in [-0.25, -0.2) is 0 Å². The standard InChI is InChI=1S/C4H14N2S2/c1-7-6(5)8(2,3)4/h5H2,1-4H3. The monoisotopic (exact) mass is 154 g/mol. The van der Waals surface area contributed by atoms with E-state index in [1.165, 1.54) is 0 Å². The summed E-state index contributed by atoms with van der Waals surface area (Å²) in [5.74, 6) is 5.58. The fourth-order valence-corrected chi connectivity index (χ4v) is 2.01. The topological polar surface area (TPSA) is 29.3 Å². The SMILES string of the molecule is CSN(N)S(C)(C)C. The lowest BCUT2D eigenvalue weighted by molar-refractivity contribution is 0.804. The molecule has 2 nitrogen and oxygen atoms in total. The zero-order valence-corrected chi connectivity index (χ0v) is 7.47. The van der Waals surface area contributed by atoms with Crippen LogP contribution in [0, 0.1) is 0 Å². The first kappa shape index (κ1) is 8.62. The highest BCUT2D eigenvalue weighted by atomic mass is 32.3. The molecule has 8 heavy (non-hydrogen) atoms. The van der Waals surface area contributed by atoms with Crippen LogP contribution in [0.1, 0.15) is 0 Å². The maximum atomic E-state index is 5.58. The van der Waals surface area contributed by atoms with Crippen molar-refractivity contribution in [2.75, 3.05) is 25.0 Å². The molecule has 0 aromatic heterocycles. The third-order valence-corrected chi connectivity index (χ3v) is 3.95. The van der Waals surface area contributed by atoms with Gasteiger partial charge in [0, 0.05) is 0 Å². The Morgan fingerprint density at radius 2 is 1.75 bits per heavy atom. The van der Waals surface area contributed by atoms with Crippen LogP contribution in [0.3, 0.4) is 0 Å². The average Bonchev–Trinajstić information content (AvgIpc) is 1.62. The molecule has 52 valence electrons. The highest BCUT2D eigenvalue weighted by molar-refractivity contribution is 8.35. The molecule has 0 radical (unpaired) electrons. The Labute approximate surface area is 57.4 Å². The van der Waals surface area contributed by atoms with E-state index in [2.05, 4.69) is 18.8 Å². The predicted octanol–water partition coefficient (Wildman–Crippen LogP) is 1.05. The van der Waals surface area contributed by atoms with Gasteiger partial charge in [0.15, 0.2) is 0 Å². The van der Waals surface area contributed by atoms with Crippen molar-refractivity contribution in [2.24, 2.45) is 5.84 Å². The van der Waals surface area contributed by atoms with E-state index in [4.69, 9.17) is 5.84 Å². The maximum Gasteiger partial charge on any atom is -0.00135 e. The summed E-state index contributed by atoms with van der Waals surface area (Å²) >= 11 is 1.58. The van der Waals surface area contributed by atoms with E-state index in [0.717, 1.165) is 0 Å². The number of rotatable bonds is 2. The number of hydrazine groups is 1. The van der Waals surface area contributed by atoms with Crippen molar-refractivity contribution in [3.8, 4) is 0 Å². The summed E-state index contributed by atoms with van der Waals surface area (Å²) in [5, 5.41) is 0. The van der Waals surface area contributed by atoms with Gasteiger partial charge in [-0.1, -0.05) is 11.9 Å². The highest BCUT2D eigenvalue weighted by Crippen LogP contribution is 2.40. The molecular formula is C4H14N2S2. The van der Waals surface area contributed by atoms with Gasteiger partial charge in [0.2, 0.25) is 0 Å². The number of nitrogens with two attached hydrogens (primary N) is 1. The largest absolute Gasteiger partial charge is 0.250 e. The Morgan fingerprint density at radius 1 is 1.38 bits per heavy atom. The van der Waals surface area contributed by atoms with E-state index in [1.54, 1.807) is 11.9 Å². The lowest BCUT2D eigenvalue weighted by Gasteiger charge is -2.33. The molecule has 0 unspecified atom stereocenters. The zero-order valence-electron chi connectivity index (χ0n) is 5.84. The Kier molecular flexibility index (Phi) is 3.19. The first-order chi connectivity index (χ1) is 3.48. The highest BCUT2D eigenvalue weighted by Gasteiger charge is 2.09. The summed E-state index contributed by atoms with van der Waals surface area (Å²) in [4.78, 5) is 0. The van der Waals surface area contributed by atoms with Crippen LogP contribution in [0.4, 0.5) is 0 Å². The summed E-state index contributed by atoms with van der Waals surface area (Å²) in [5.41, 5.74) is 0. The minimum absolute atomic E-state index is 0.679. The van der Waals surface area contributed by atoms with Gasteiger partial charge in [0.25, 0.3) is 0 Å². The van der Waals surface area contributed by atoms with Crippen molar-refractivity contribution in [2.45, 2.75) is 0 Å². The number of hydrogen-bond acceptors (Lipinski definition) is 3. The molecule has 0 fully saturated rings. The van der Waals surface area contributed by atoms with Crippen molar-refractivity contribution in [3.05, 3.63) is 0 Å². The van der Waals surface area contributed by atoms with Gasteiger partial charge in [-0.2, -0.15) is 14.0 Å². The number of nitrogens with zero attached hydrogens (tertiary/aromatic N) is 1. The lowest BCUT2D eigenvalue weighted by atomic mass is 11.9. The second-order valence-corrected chi connectivity index (χ2v) is 7.17. The summed E-state index contributed by atoms with van der Waals surface area (Å²) < 4.78 is 1.81. The maximum absolute atomic E-state index is 5.58. The van der Waals surface area contributed by atoms with E-state index in [9.17, 15) is 0 Å². The molecular weight excluding hydrogens is 140 g/mol. The van der Waals surface area contributed by atoms with Crippen LogP contribution < -0.4 is 5.84 Å². The lowest BCUT2D eigenvalue weighted by Crippen LogP contribution is -2.25. The van der Waals surface area contributed by atoms with Crippen LogP contribution in [0.15, 0.2) is 0 Å². The molecule has 0 rings (SSSR count). The molecule has 0 aliphatic heterocycles. The Bertz CT molecular complexity index is 68.9. The molecule has 0 aromatic rings. The van der Waals surface area contributed by atoms with E-state index >= 15 is 0 Å². The van der Waals surface area contributed by atoms with Gasteiger partial charge in [-0.3, -0.25) is 5.84 Å². The van der Waals surface area contributed by atoms with Crippen molar-refractivity contribution < 1.29 is 0 Å². The van der Waals surface area contributed by atoms with Crippen LogP contribution in [0.5, 0.6) is 0 Å². The fraction of sp³-hybridized carbons (Fsp3) is 1.00. The van der Waals surface area contributed by atoms with Crippen LogP contribution in [0.2, 0.25) is 0 Å². The average molecular weight is 154 g/mol. The molecule has 0 heterocycles. The molecule has 0 saturated heterocycles. The van der Waals surface area contributed by atoms with E-state index < -0.39 is 10.2 Å². The Morgan fingerprint density at radius 3 is 1.75 bits per heavy atom.